The van der Waals surface area contributed by atoms with Crippen LogP contribution in [0.3, 0.4) is 0 Å². The van der Waals surface area contributed by atoms with Gasteiger partial charge in [-0.2, -0.15) is 0 Å². The standard InChI is InChI=1S/C39H22N2O3/c1-2-8-26-23(7-1)13-16-30-37-35(44-38(26)30)19-20-40-39(37)41(24-15-18-34-31(21-24)28-10-4-6-12-33(28)42-34)25-14-17-29-27-9-3-5-11-32(27)43-36(29)22-25/h1-22H. The summed E-state index contributed by atoms with van der Waals surface area (Å²) in [5.41, 5.74) is 6.91. The van der Waals surface area contributed by atoms with Crippen LogP contribution in [0.2, 0.25) is 0 Å². The van der Waals surface area contributed by atoms with Crippen LogP contribution < -0.4 is 4.90 Å². The van der Waals surface area contributed by atoms with Crippen molar-refractivity contribution < 1.29 is 13.3 Å². The van der Waals surface area contributed by atoms with Gasteiger partial charge < -0.3 is 13.3 Å². The summed E-state index contributed by atoms with van der Waals surface area (Å²) in [7, 11) is 0. The molecule has 0 aliphatic heterocycles. The van der Waals surface area contributed by atoms with Crippen LogP contribution in [0, 0.1) is 0 Å². The van der Waals surface area contributed by atoms with Crippen molar-refractivity contribution in [1.29, 1.82) is 0 Å². The van der Waals surface area contributed by atoms with E-state index in [1.165, 1.54) is 0 Å². The number of furan rings is 3. The van der Waals surface area contributed by atoms with E-state index in [1.54, 1.807) is 0 Å². The fourth-order valence-corrected chi connectivity index (χ4v) is 6.70. The number of hydrogen-bond acceptors (Lipinski definition) is 5. The molecular formula is C39H22N2O3. The van der Waals surface area contributed by atoms with Crippen LogP contribution in [-0.2, 0) is 0 Å². The predicted octanol–water partition coefficient (Wildman–Crippen LogP) is 11.4. The molecule has 0 atom stereocenters. The third-order valence-corrected chi connectivity index (χ3v) is 8.70. The van der Waals surface area contributed by atoms with Gasteiger partial charge in [0, 0.05) is 50.3 Å². The highest BCUT2D eigenvalue weighted by Crippen LogP contribution is 2.45. The molecule has 0 saturated heterocycles. The van der Waals surface area contributed by atoms with Gasteiger partial charge in [0.05, 0.1) is 11.1 Å². The number of para-hydroxylation sites is 2. The highest BCUT2D eigenvalue weighted by Gasteiger charge is 2.23. The quantitative estimate of drug-likeness (QED) is 0.213. The van der Waals surface area contributed by atoms with E-state index in [2.05, 4.69) is 77.7 Å². The molecule has 0 radical (unpaired) electrons. The topological polar surface area (TPSA) is 55.6 Å². The molecular weight excluding hydrogens is 544 g/mol. The van der Waals surface area contributed by atoms with Crippen molar-refractivity contribution in [3.63, 3.8) is 0 Å². The van der Waals surface area contributed by atoms with Crippen LogP contribution in [-0.4, -0.2) is 4.98 Å². The minimum Gasteiger partial charge on any atom is -0.456 e. The highest BCUT2D eigenvalue weighted by atomic mass is 16.3. The number of benzene rings is 6. The molecule has 0 fully saturated rings. The highest BCUT2D eigenvalue weighted by molar-refractivity contribution is 6.19. The lowest BCUT2D eigenvalue weighted by Crippen LogP contribution is -2.11. The minimum atomic E-state index is 0.777. The van der Waals surface area contributed by atoms with E-state index in [1.807, 2.05) is 60.8 Å². The maximum absolute atomic E-state index is 6.55. The lowest BCUT2D eigenvalue weighted by Gasteiger charge is -2.25. The maximum atomic E-state index is 6.55. The first-order chi connectivity index (χ1) is 21.8. The zero-order chi connectivity index (χ0) is 28.8. The van der Waals surface area contributed by atoms with E-state index in [-0.39, 0.29) is 0 Å². The zero-order valence-electron chi connectivity index (χ0n) is 23.3. The average Bonchev–Trinajstić information content (AvgIpc) is 3.76. The Morgan fingerprint density at radius 3 is 1.93 bits per heavy atom. The van der Waals surface area contributed by atoms with Gasteiger partial charge in [0.25, 0.3) is 0 Å². The molecule has 6 aromatic carbocycles. The van der Waals surface area contributed by atoms with E-state index in [9.17, 15) is 0 Å². The summed E-state index contributed by atoms with van der Waals surface area (Å²) >= 11 is 0. The number of anilines is 3. The smallest absolute Gasteiger partial charge is 0.149 e. The molecule has 0 aliphatic carbocycles. The number of nitrogens with zero attached hydrogens (tertiary/aromatic N) is 2. The number of hydrogen-bond donors (Lipinski definition) is 0. The van der Waals surface area contributed by atoms with Crippen molar-refractivity contribution in [2.24, 2.45) is 0 Å². The van der Waals surface area contributed by atoms with Crippen molar-refractivity contribution in [3.8, 4) is 0 Å². The van der Waals surface area contributed by atoms with Gasteiger partial charge in [0.2, 0.25) is 0 Å². The second kappa shape index (κ2) is 8.72. The normalized spacial score (nSPS) is 12.1. The minimum absolute atomic E-state index is 0.777. The van der Waals surface area contributed by atoms with Gasteiger partial charge in [-0.05, 0) is 60.0 Å². The Morgan fingerprint density at radius 2 is 1.07 bits per heavy atom. The van der Waals surface area contributed by atoms with Crippen LogP contribution in [0.15, 0.2) is 147 Å². The summed E-state index contributed by atoms with van der Waals surface area (Å²) in [4.78, 5) is 7.22. The molecule has 0 bridgehead atoms. The molecule has 0 N–H and O–H groups in total. The number of rotatable bonds is 3. The van der Waals surface area contributed by atoms with Gasteiger partial charge in [0.15, 0.2) is 0 Å². The summed E-state index contributed by atoms with van der Waals surface area (Å²) in [5, 5.41) is 8.48. The SMILES string of the molecule is c1ccc2c(c1)ccc1c2oc2ccnc(N(c3ccc4c(c3)oc3ccccc34)c3ccc4oc5ccccc5c4c3)c21. The van der Waals surface area contributed by atoms with E-state index in [4.69, 9.17) is 18.2 Å². The number of pyridine rings is 1. The van der Waals surface area contributed by atoms with E-state index < -0.39 is 0 Å². The maximum Gasteiger partial charge on any atom is 0.149 e. The Kier molecular flexibility index (Phi) is 4.66. The Bertz CT molecular complexity index is 2750. The van der Waals surface area contributed by atoms with E-state index in [0.717, 1.165) is 93.8 Å². The molecule has 0 saturated carbocycles. The molecule has 44 heavy (non-hydrogen) atoms. The Balaban J connectivity index is 1.29. The molecule has 5 heteroatoms. The third-order valence-electron chi connectivity index (χ3n) is 8.70. The fourth-order valence-electron chi connectivity index (χ4n) is 6.70. The molecule has 0 aliphatic rings. The second-order valence-electron chi connectivity index (χ2n) is 11.2. The monoisotopic (exact) mass is 566 g/mol. The first kappa shape index (κ1) is 23.5. The summed E-state index contributed by atoms with van der Waals surface area (Å²) < 4.78 is 19.1. The van der Waals surface area contributed by atoms with Gasteiger partial charge >= 0.3 is 0 Å². The Morgan fingerprint density at radius 1 is 0.432 bits per heavy atom. The van der Waals surface area contributed by atoms with Crippen LogP contribution >= 0.6 is 0 Å². The molecule has 4 aromatic heterocycles. The zero-order valence-corrected chi connectivity index (χ0v) is 23.3. The summed E-state index contributed by atoms with van der Waals surface area (Å²) in [6.07, 6.45) is 1.82. The van der Waals surface area contributed by atoms with Crippen molar-refractivity contribution in [1.82, 2.24) is 4.98 Å². The molecule has 4 heterocycles. The molecule has 5 nitrogen and oxygen atoms in total. The summed E-state index contributed by atoms with van der Waals surface area (Å²) in [6.45, 7) is 0. The van der Waals surface area contributed by atoms with Gasteiger partial charge in [-0.15, -0.1) is 0 Å². The van der Waals surface area contributed by atoms with Gasteiger partial charge in [-0.25, -0.2) is 4.98 Å². The van der Waals surface area contributed by atoms with Crippen LogP contribution in [0.25, 0.3) is 76.6 Å². The molecule has 0 unspecified atom stereocenters. The number of aromatic nitrogens is 1. The Hall–Kier alpha value is -6.07. The van der Waals surface area contributed by atoms with Crippen molar-refractivity contribution in [3.05, 3.63) is 134 Å². The molecule has 206 valence electrons. The lowest BCUT2D eigenvalue weighted by atomic mass is 10.1. The third kappa shape index (κ3) is 3.26. The van der Waals surface area contributed by atoms with Gasteiger partial charge in [0.1, 0.15) is 39.3 Å². The fraction of sp³-hybridized carbons (Fsp3) is 0. The van der Waals surface area contributed by atoms with Crippen LogP contribution in [0.1, 0.15) is 0 Å². The molecule has 0 spiro atoms. The first-order valence-corrected chi connectivity index (χ1v) is 14.6. The van der Waals surface area contributed by atoms with Crippen LogP contribution in [0.4, 0.5) is 17.2 Å². The number of fused-ring (bicyclic) bond motifs is 11. The Labute approximate surface area is 250 Å². The lowest BCUT2D eigenvalue weighted by molar-refractivity contribution is 0.668. The van der Waals surface area contributed by atoms with E-state index >= 15 is 0 Å². The molecule has 0 amide bonds. The summed E-state index contributed by atoms with van der Waals surface area (Å²) in [5.74, 6) is 0.777. The van der Waals surface area contributed by atoms with E-state index in [0.29, 0.717) is 0 Å². The van der Waals surface area contributed by atoms with Gasteiger partial charge in [-0.3, -0.25) is 4.90 Å². The average molecular weight is 567 g/mol. The summed E-state index contributed by atoms with van der Waals surface area (Å²) in [6, 6.07) is 43.5. The molecule has 10 rings (SSSR count). The largest absolute Gasteiger partial charge is 0.456 e. The first-order valence-electron chi connectivity index (χ1n) is 14.6. The van der Waals surface area contributed by atoms with Gasteiger partial charge in [-0.1, -0.05) is 66.7 Å². The molecule has 10 aromatic rings. The van der Waals surface area contributed by atoms with Crippen molar-refractivity contribution in [2.75, 3.05) is 4.90 Å². The van der Waals surface area contributed by atoms with Crippen LogP contribution in [0.5, 0.6) is 0 Å². The van der Waals surface area contributed by atoms with Crippen molar-refractivity contribution in [2.45, 2.75) is 0 Å². The van der Waals surface area contributed by atoms with Crippen molar-refractivity contribution >= 4 is 93.8 Å². The predicted molar refractivity (Wildman–Crippen MR) is 178 cm³/mol. The second-order valence-corrected chi connectivity index (χ2v) is 11.2.